The highest BCUT2D eigenvalue weighted by Gasteiger charge is 2.26. The van der Waals surface area contributed by atoms with E-state index in [-0.39, 0.29) is 4.90 Å². The third kappa shape index (κ3) is 5.51. The first-order valence-electron chi connectivity index (χ1n) is 10.9. The molecule has 1 aliphatic heterocycles. The Labute approximate surface area is 185 Å². The van der Waals surface area contributed by atoms with Crippen molar-refractivity contribution in [3.8, 4) is 0 Å². The lowest BCUT2D eigenvalue weighted by molar-refractivity contribution is 0.401. The molecule has 0 atom stereocenters. The van der Waals surface area contributed by atoms with Gasteiger partial charge in [-0.15, -0.1) is 0 Å². The summed E-state index contributed by atoms with van der Waals surface area (Å²) in [6.45, 7) is 2.58. The summed E-state index contributed by atoms with van der Waals surface area (Å²) in [7, 11) is -3.70. The van der Waals surface area contributed by atoms with Gasteiger partial charge in [0.15, 0.2) is 0 Å². The minimum atomic E-state index is -3.70. The molecule has 2 aromatic carbocycles. The number of nitrogens with zero attached hydrogens (tertiary/aromatic N) is 3. The molecule has 0 saturated carbocycles. The van der Waals surface area contributed by atoms with E-state index >= 15 is 0 Å². The number of hydrogen-bond acceptors (Lipinski definition) is 4. The Hall–Kier alpha value is -2.70. The maximum absolute atomic E-state index is 13.6. The van der Waals surface area contributed by atoms with E-state index in [1.54, 1.807) is 6.07 Å². The highest BCUT2D eigenvalue weighted by molar-refractivity contribution is 7.89. The van der Waals surface area contributed by atoms with Gasteiger partial charge in [-0.05, 0) is 36.1 Å². The Kier molecular flexibility index (Phi) is 6.99. The van der Waals surface area contributed by atoms with Gasteiger partial charge in [0.2, 0.25) is 10.0 Å². The van der Waals surface area contributed by atoms with Crippen LogP contribution in [-0.2, 0) is 23.1 Å². The highest BCUT2D eigenvalue weighted by atomic mass is 32.2. The summed E-state index contributed by atoms with van der Waals surface area (Å²) in [6, 6.07) is 23.0. The molecular formula is C25H29N3O2S. The molecule has 1 aromatic heterocycles. The maximum Gasteiger partial charge on any atom is 0.245 e. The van der Waals surface area contributed by atoms with Crippen molar-refractivity contribution in [1.82, 2.24) is 9.29 Å². The second-order valence-corrected chi connectivity index (χ2v) is 9.94. The third-order valence-corrected chi connectivity index (χ3v) is 7.47. The molecule has 3 aromatic rings. The van der Waals surface area contributed by atoms with Crippen LogP contribution in [0.5, 0.6) is 0 Å². The van der Waals surface area contributed by atoms with Crippen molar-refractivity contribution < 1.29 is 8.42 Å². The normalized spacial score (nSPS) is 15.1. The van der Waals surface area contributed by atoms with Crippen LogP contribution >= 0.6 is 0 Å². The number of rotatable bonds is 7. The van der Waals surface area contributed by atoms with Crippen LogP contribution in [0.25, 0.3) is 0 Å². The number of sulfonamides is 1. The molecule has 0 amide bonds. The highest BCUT2D eigenvalue weighted by Crippen LogP contribution is 2.23. The fourth-order valence-electron chi connectivity index (χ4n) is 3.96. The Morgan fingerprint density at radius 3 is 1.77 bits per heavy atom. The molecule has 0 radical (unpaired) electrons. The lowest BCUT2D eigenvalue weighted by Crippen LogP contribution is -2.30. The van der Waals surface area contributed by atoms with Gasteiger partial charge in [0.05, 0.1) is 0 Å². The van der Waals surface area contributed by atoms with Crippen molar-refractivity contribution in [3.63, 3.8) is 0 Å². The van der Waals surface area contributed by atoms with Crippen molar-refractivity contribution in [3.05, 3.63) is 90.1 Å². The molecule has 0 bridgehead atoms. The molecule has 1 fully saturated rings. The summed E-state index contributed by atoms with van der Waals surface area (Å²) in [5.74, 6) is 0.860. The van der Waals surface area contributed by atoms with Crippen molar-refractivity contribution in [1.29, 1.82) is 0 Å². The van der Waals surface area contributed by atoms with Gasteiger partial charge < -0.3 is 4.90 Å². The first-order chi connectivity index (χ1) is 15.1. The van der Waals surface area contributed by atoms with Gasteiger partial charge in [-0.3, -0.25) is 0 Å². The maximum atomic E-state index is 13.6. The monoisotopic (exact) mass is 435 g/mol. The van der Waals surface area contributed by atoms with Gasteiger partial charge in [-0.1, -0.05) is 73.5 Å². The zero-order valence-electron chi connectivity index (χ0n) is 17.7. The first kappa shape index (κ1) is 21.5. The average Bonchev–Trinajstić information content (AvgIpc) is 3.10. The van der Waals surface area contributed by atoms with Crippen LogP contribution in [0.3, 0.4) is 0 Å². The van der Waals surface area contributed by atoms with Crippen molar-refractivity contribution in [2.75, 3.05) is 18.0 Å². The molecule has 4 rings (SSSR count). The smallest absolute Gasteiger partial charge is 0.245 e. The van der Waals surface area contributed by atoms with Crippen LogP contribution < -0.4 is 4.90 Å². The standard InChI is InChI=1S/C25H29N3O2S/c29-31(30,24-15-16-25(26-19-24)27-17-9-1-2-10-18-27)28(20-22-11-5-3-6-12-22)21-23-13-7-4-8-14-23/h3-8,11-16,19H,1-2,9-10,17-18,20-21H2. The zero-order chi connectivity index (χ0) is 21.5. The lowest BCUT2D eigenvalue weighted by atomic mass is 10.2. The molecule has 6 heteroatoms. The summed E-state index contributed by atoms with van der Waals surface area (Å²) >= 11 is 0. The van der Waals surface area contributed by atoms with E-state index in [0.29, 0.717) is 13.1 Å². The number of anilines is 1. The fraction of sp³-hybridized carbons (Fsp3) is 0.320. The van der Waals surface area contributed by atoms with Crippen molar-refractivity contribution in [2.45, 2.75) is 43.7 Å². The van der Waals surface area contributed by atoms with Gasteiger partial charge in [0.25, 0.3) is 0 Å². The van der Waals surface area contributed by atoms with Crippen LogP contribution in [0.15, 0.2) is 83.9 Å². The number of pyridine rings is 1. The summed E-state index contributed by atoms with van der Waals surface area (Å²) in [5, 5.41) is 0. The van der Waals surface area contributed by atoms with E-state index in [0.717, 1.165) is 42.9 Å². The van der Waals surface area contributed by atoms with E-state index in [1.165, 1.54) is 23.3 Å². The number of benzene rings is 2. The molecular weight excluding hydrogens is 406 g/mol. The van der Waals surface area contributed by atoms with Gasteiger partial charge >= 0.3 is 0 Å². The molecule has 0 aliphatic carbocycles. The molecule has 0 spiro atoms. The Morgan fingerprint density at radius 2 is 1.29 bits per heavy atom. The second kappa shape index (κ2) is 10.1. The first-order valence-corrected chi connectivity index (χ1v) is 12.4. The van der Waals surface area contributed by atoms with E-state index in [1.807, 2.05) is 66.7 Å². The number of aromatic nitrogens is 1. The van der Waals surface area contributed by atoms with Crippen LogP contribution in [0, 0.1) is 0 Å². The lowest BCUT2D eigenvalue weighted by Gasteiger charge is -2.24. The van der Waals surface area contributed by atoms with Crippen LogP contribution in [-0.4, -0.2) is 30.8 Å². The SMILES string of the molecule is O=S(=O)(c1ccc(N2CCCCCC2)nc1)N(Cc1ccccc1)Cc1ccccc1. The molecule has 1 saturated heterocycles. The molecule has 0 unspecified atom stereocenters. The summed E-state index contributed by atoms with van der Waals surface area (Å²) in [5.41, 5.74) is 1.91. The number of hydrogen-bond donors (Lipinski definition) is 0. The third-order valence-electron chi connectivity index (χ3n) is 5.69. The van der Waals surface area contributed by atoms with Crippen LogP contribution in [0.1, 0.15) is 36.8 Å². The molecule has 1 aliphatic rings. The molecule has 2 heterocycles. The predicted molar refractivity (Wildman–Crippen MR) is 124 cm³/mol. The van der Waals surface area contributed by atoms with Gasteiger partial charge in [0, 0.05) is 32.4 Å². The van der Waals surface area contributed by atoms with Crippen molar-refractivity contribution in [2.24, 2.45) is 0 Å². The minimum Gasteiger partial charge on any atom is -0.357 e. The van der Waals surface area contributed by atoms with Crippen molar-refractivity contribution >= 4 is 15.8 Å². The minimum absolute atomic E-state index is 0.234. The molecule has 162 valence electrons. The Bertz CT molecular complexity index is 1010. The summed E-state index contributed by atoms with van der Waals surface area (Å²) in [4.78, 5) is 7.02. The van der Waals surface area contributed by atoms with Gasteiger partial charge in [-0.25, -0.2) is 13.4 Å². The topological polar surface area (TPSA) is 53.5 Å². The Balaban J connectivity index is 1.59. The largest absolute Gasteiger partial charge is 0.357 e. The predicted octanol–water partition coefficient (Wildman–Crippen LogP) is 4.85. The van der Waals surface area contributed by atoms with Gasteiger partial charge in [-0.2, -0.15) is 4.31 Å². The fourth-order valence-corrected chi connectivity index (χ4v) is 5.32. The quantitative estimate of drug-likeness (QED) is 0.532. The molecule has 5 nitrogen and oxygen atoms in total. The van der Waals surface area contributed by atoms with E-state index in [2.05, 4.69) is 9.88 Å². The summed E-state index contributed by atoms with van der Waals surface area (Å²) < 4.78 is 28.6. The Morgan fingerprint density at radius 1 is 0.742 bits per heavy atom. The van der Waals surface area contributed by atoms with Crippen LogP contribution in [0.4, 0.5) is 5.82 Å². The second-order valence-electron chi connectivity index (χ2n) is 8.00. The molecule has 31 heavy (non-hydrogen) atoms. The van der Waals surface area contributed by atoms with E-state index < -0.39 is 10.0 Å². The average molecular weight is 436 g/mol. The van der Waals surface area contributed by atoms with Crippen LogP contribution in [0.2, 0.25) is 0 Å². The zero-order valence-corrected chi connectivity index (χ0v) is 18.5. The summed E-state index contributed by atoms with van der Waals surface area (Å²) in [6.07, 6.45) is 6.32. The van der Waals surface area contributed by atoms with Gasteiger partial charge in [0.1, 0.15) is 10.7 Å². The van der Waals surface area contributed by atoms with E-state index in [4.69, 9.17) is 0 Å². The van der Waals surface area contributed by atoms with E-state index in [9.17, 15) is 8.42 Å². The molecule has 0 N–H and O–H groups in total.